The van der Waals surface area contributed by atoms with Gasteiger partial charge in [-0.25, -0.2) is 0 Å². The van der Waals surface area contributed by atoms with Crippen molar-refractivity contribution < 1.29 is 13.9 Å². The largest absolute Gasteiger partial charge is 0.469 e. The second kappa shape index (κ2) is 8.03. The molecule has 1 atom stereocenters. The molecule has 0 spiro atoms. The third-order valence-corrected chi connectivity index (χ3v) is 4.86. The Balaban J connectivity index is 1.61. The summed E-state index contributed by atoms with van der Waals surface area (Å²) in [4.78, 5) is 7.13. The lowest BCUT2D eigenvalue weighted by atomic mass is 9.90. The maximum Gasteiger partial charge on any atom is 0.193 e. The fraction of sp³-hybridized carbons (Fsp3) is 0.722. The molecule has 0 amide bonds. The van der Waals surface area contributed by atoms with Crippen LogP contribution < -0.4 is 5.32 Å². The summed E-state index contributed by atoms with van der Waals surface area (Å²) in [7, 11) is 0. The highest BCUT2D eigenvalue weighted by molar-refractivity contribution is 5.80. The summed E-state index contributed by atoms with van der Waals surface area (Å²) < 4.78 is 17.1. The zero-order valence-electron chi connectivity index (χ0n) is 14.8. The maximum atomic E-state index is 5.88. The molecule has 6 heteroatoms. The number of nitrogens with zero attached hydrogens (tertiary/aromatic N) is 2. The summed E-state index contributed by atoms with van der Waals surface area (Å²) in [6.45, 7) is 9.12. The molecule has 1 N–H and O–H groups in total. The van der Waals surface area contributed by atoms with Crippen molar-refractivity contribution in [1.82, 2.24) is 10.2 Å². The van der Waals surface area contributed by atoms with Gasteiger partial charge in [-0.05, 0) is 38.8 Å². The van der Waals surface area contributed by atoms with Crippen LogP contribution in [0.4, 0.5) is 0 Å². The van der Waals surface area contributed by atoms with E-state index in [4.69, 9.17) is 18.9 Å². The SMILES string of the molecule is CCNC(=NCCc1ccco1)N1CCCC(C2(C)OCCO2)C1. The van der Waals surface area contributed by atoms with Gasteiger partial charge >= 0.3 is 0 Å². The summed E-state index contributed by atoms with van der Waals surface area (Å²) in [5.74, 6) is 1.90. The number of furan rings is 1. The Bertz CT molecular complexity index is 524. The predicted octanol–water partition coefficient (Wildman–Crippen LogP) is 2.26. The summed E-state index contributed by atoms with van der Waals surface area (Å²) in [5, 5.41) is 3.42. The first-order chi connectivity index (χ1) is 11.7. The summed E-state index contributed by atoms with van der Waals surface area (Å²) in [5.41, 5.74) is 0. The van der Waals surface area contributed by atoms with Crippen molar-refractivity contribution in [3.05, 3.63) is 24.2 Å². The molecule has 1 unspecified atom stereocenters. The maximum absolute atomic E-state index is 5.88. The van der Waals surface area contributed by atoms with Gasteiger partial charge in [-0.3, -0.25) is 4.99 Å². The Morgan fingerprint density at radius 3 is 2.96 bits per heavy atom. The Morgan fingerprint density at radius 1 is 1.42 bits per heavy atom. The molecule has 0 aromatic carbocycles. The van der Waals surface area contributed by atoms with E-state index in [9.17, 15) is 0 Å². The lowest BCUT2D eigenvalue weighted by Crippen LogP contribution is -2.52. The average Bonchev–Trinajstić information content (AvgIpc) is 3.27. The van der Waals surface area contributed by atoms with E-state index in [0.29, 0.717) is 19.1 Å². The normalized spacial score (nSPS) is 24.3. The molecule has 0 saturated carbocycles. The zero-order chi connectivity index (χ0) is 16.8. The highest BCUT2D eigenvalue weighted by Crippen LogP contribution is 2.34. The van der Waals surface area contributed by atoms with E-state index in [-0.39, 0.29) is 0 Å². The number of aliphatic imine (C=N–C) groups is 1. The fourth-order valence-corrected chi connectivity index (χ4v) is 3.52. The first-order valence-corrected chi connectivity index (χ1v) is 9.05. The van der Waals surface area contributed by atoms with E-state index < -0.39 is 5.79 Å². The number of ether oxygens (including phenoxy) is 2. The Hall–Kier alpha value is -1.53. The monoisotopic (exact) mass is 335 g/mol. The fourth-order valence-electron chi connectivity index (χ4n) is 3.52. The smallest absolute Gasteiger partial charge is 0.193 e. The van der Waals surface area contributed by atoms with Crippen LogP contribution in [-0.2, 0) is 15.9 Å². The van der Waals surface area contributed by atoms with Gasteiger partial charge in [-0.1, -0.05) is 0 Å². The van der Waals surface area contributed by atoms with Crippen LogP contribution in [-0.4, -0.2) is 56.0 Å². The van der Waals surface area contributed by atoms with Gasteiger partial charge in [0.1, 0.15) is 5.76 Å². The number of guanidine groups is 1. The van der Waals surface area contributed by atoms with Gasteiger partial charge in [0.15, 0.2) is 11.7 Å². The predicted molar refractivity (Wildman–Crippen MR) is 93.0 cm³/mol. The van der Waals surface area contributed by atoms with Crippen molar-refractivity contribution >= 4 is 5.96 Å². The molecule has 0 bridgehead atoms. The topological polar surface area (TPSA) is 59.2 Å². The van der Waals surface area contributed by atoms with Crippen molar-refractivity contribution in [1.29, 1.82) is 0 Å². The molecule has 2 aliphatic rings. The number of nitrogens with one attached hydrogen (secondary N) is 1. The number of hydrogen-bond acceptors (Lipinski definition) is 4. The van der Waals surface area contributed by atoms with Gasteiger partial charge in [0.25, 0.3) is 0 Å². The van der Waals surface area contributed by atoms with Crippen LogP contribution in [0.25, 0.3) is 0 Å². The van der Waals surface area contributed by atoms with Crippen LogP contribution in [0, 0.1) is 5.92 Å². The van der Waals surface area contributed by atoms with Gasteiger partial charge in [0, 0.05) is 38.5 Å². The van der Waals surface area contributed by atoms with Crippen LogP contribution in [0.15, 0.2) is 27.8 Å². The minimum Gasteiger partial charge on any atom is -0.469 e. The molecule has 0 aliphatic carbocycles. The second-order valence-electron chi connectivity index (χ2n) is 6.56. The third kappa shape index (κ3) is 4.11. The van der Waals surface area contributed by atoms with Gasteiger partial charge in [0.05, 0.1) is 19.5 Å². The first-order valence-electron chi connectivity index (χ1n) is 9.05. The molecule has 134 valence electrons. The molecule has 2 fully saturated rings. The molecule has 0 radical (unpaired) electrons. The van der Waals surface area contributed by atoms with Gasteiger partial charge in [-0.2, -0.15) is 0 Å². The van der Waals surface area contributed by atoms with E-state index in [0.717, 1.165) is 57.2 Å². The molecular formula is C18H29N3O3. The number of rotatable bonds is 5. The second-order valence-corrected chi connectivity index (χ2v) is 6.56. The van der Waals surface area contributed by atoms with E-state index in [2.05, 4.69) is 24.1 Å². The third-order valence-electron chi connectivity index (χ3n) is 4.86. The lowest BCUT2D eigenvalue weighted by molar-refractivity contribution is -0.189. The van der Waals surface area contributed by atoms with Gasteiger partial charge < -0.3 is 24.1 Å². The molecule has 6 nitrogen and oxygen atoms in total. The quantitative estimate of drug-likeness (QED) is 0.661. The number of hydrogen-bond donors (Lipinski definition) is 1. The lowest BCUT2D eigenvalue weighted by Gasteiger charge is -2.41. The van der Waals surface area contributed by atoms with Crippen molar-refractivity contribution in [2.24, 2.45) is 10.9 Å². The summed E-state index contributed by atoms with van der Waals surface area (Å²) in [6.07, 6.45) is 4.80. The van der Waals surface area contributed by atoms with Crippen molar-refractivity contribution in [3.63, 3.8) is 0 Å². The minimum atomic E-state index is -0.440. The van der Waals surface area contributed by atoms with Gasteiger partial charge in [0.2, 0.25) is 0 Å². The van der Waals surface area contributed by atoms with Crippen LogP contribution in [0.3, 0.4) is 0 Å². The Labute approximate surface area is 144 Å². The Kier molecular flexibility index (Phi) is 5.79. The molecule has 24 heavy (non-hydrogen) atoms. The van der Waals surface area contributed by atoms with E-state index in [1.54, 1.807) is 6.26 Å². The molecule has 2 saturated heterocycles. The Morgan fingerprint density at radius 2 is 2.25 bits per heavy atom. The number of piperidine rings is 1. The summed E-state index contributed by atoms with van der Waals surface area (Å²) >= 11 is 0. The molecule has 3 heterocycles. The first kappa shape index (κ1) is 17.3. The van der Waals surface area contributed by atoms with Crippen LogP contribution in [0.2, 0.25) is 0 Å². The minimum absolute atomic E-state index is 0.377. The average molecular weight is 335 g/mol. The summed E-state index contributed by atoms with van der Waals surface area (Å²) in [6, 6.07) is 3.91. The standard InChI is InChI=1S/C18H29N3O3/c1-3-19-17(20-9-8-16-7-5-11-22-16)21-10-4-6-15(14-21)18(2)23-12-13-24-18/h5,7,11,15H,3-4,6,8-10,12-14H2,1-2H3,(H,19,20). The van der Waals surface area contributed by atoms with Gasteiger partial charge in [-0.15, -0.1) is 0 Å². The van der Waals surface area contributed by atoms with E-state index >= 15 is 0 Å². The zero-order valence-corrected chi connectivity index (χ0v) is 14.8. The van der Waals surface area contributed by atoms with Crippen LogP contribution in [0.1, 0.15) is 32.4 Å². The molecule has 1 aromatic rings. The van der Waals surface area contributed by atoms with Crippen LogP contribution >= 0.6 is 0 Å². The highest BCUT2D eigenvalue weighted by Gasteiger charge is 2.42. The van der Waals surface area contributed by atoms with Crippen molar-refractivity contribution in [2.45, 2.75) is 38.9 Å². The molecular weight excluding hydrogens is 306 g/mol. The van der Waals surface area contributed by atoms with Crippen LogP contribution in [0.5, 0.6) is 0 Å². The van der Waals surface area contributed by atoms with Crippen molar-refractivity contribution in [2.75, 3.05) is 39.4 Å². The molecule has 2 aliphatic heterocycles. The molecule has 1 aromatic heterocycles. The van der Waals surface area contributed by atoms with E-state index in [1.165, 1.54) is 0 Å². The van der Waals surface area contributed by atoms with E-state index in [1.807, 2.05) is 12.1 Å². The van der Waals surface area contributed by atoms with Crippen molar-refractivity contribution in [3.8, 4) is 0 Å². The number of likely N-dealkylation sites (tertiary alicyclic amines) is 1. The molecule has 3 rings (SSSR count). The highest BCUT2D eigenvalue weighted by atomic mass is 16.7.